The summed E-state index contributed by atoms with van der Waals surface area (Å²) >= 11 is 0. The largest absolute Gasteiger partial charge is 0.478 e. The molecule has 1 saturated heterocycles. The molecule has 0 atom stereocenters. The molecule has 1 saturated carbocycles. The molecule has 208 valence electrons. The zero-order chi connectivity index (χ0) is 26.6. The van der Waals surface area contributed by atoms with Crippen LogP contribution in [-0.2, 0) is 15.4 Å². The second-order valence-corrected chi connectivity index (χ2v) is 10.6. The first-order chi connectivity index (χ1) is 18.5. The van der Waals surface area contributed by atoms with Crippen molar-refractivity contribution < 1.29 is 27.7 Å². The molecule has 3 heterocycles. The molecule has 3 aliphatic rings. The molecule has 2 aromatic rings. The zero-order valence-corrected chi connectivity index (χ0v) is 22.6. The van der Waals surface area contributed by atoms with Crippen LogP contribution in [0.15, 0.2) is 30.3 Å². The predicted octanol–water partition coefficient (Wildman–Crippen LogP) is 7.47. The second-order valence-electron chi connectivity index (χ2n) is 10.6. The Balaban J connectivity index is 1.46. The lowest BCUT2D eigenvalue weighted by atomic mass is 9.77. The van der Waals surface area contributed by atoms with Crippen molar-refractivity contribution in [1.82, 2.24) is 4.98 Å². The number of alkyl halides is 2. The number of aromatic nitrogens is 1. The Hall–Kier alpha value is -2.45. The van der Waals surface area contributed by atoms with Gasteiger partial charge in [0.15, 0.2) is 5.79 Å². The fourth-order valence-electron chi connectivity index (χ4n) is 5.87. The maximum atomic E-state index is 15.6. The minimum Gasteiger partial charge on any atom is -0.478 e. The fraction of sp³-hybridized carbons (Fsp3) is 0.633. The van der Waals surface area contributed by atoms with Gasteiger partial charge in [0.05, 0.1) is 32.1 Å². The Morgan fingerprint density at radius 3 is 2.34 bits per heavy atom. The van der Waals surface area contributed by atoms with Crippen LogP contribution in [0.3, 0.4) is 0 Å². The molecule has 5 rings (SSSR count). The van der Waals surface area contributed by atoms with Gasteiger partial charge < -0.3 is 23.8 Å². The number of halogens is 2. The number of rotatable bonds is 10. The van der Waals surface area contributed by atoms with Crippen molar-refractivity contribution in [3.8, 4) is 11.8 Å². The maximum Gasteiger partial charge on any atom is 0.277 e. The summed E-state index contributed by atoms with van der Waals surface area (Å²) in [5.41, 5.74) is 2.12. The summed E-state index contributed by atoms with van der Waals surface area (Å²) in [4.78, 5) is 6.60. The molecule has 0 N–H and O–H groups in total. The van der Waals surface area contributed by atoms with Gasteiger partial charge in [-0.2, -0.15) is 4.98 Å². The molecule has 38 heavy (non-hydrogen) atoms. The third-order valence-corrected chi connectivity index (χ3v) is 7.97. The van der Waals surface area contributed by atoms with Crippen LogP contribution in [0.5, 0.6) is 11.8 Å². The number of anilines is 2. The standard InChI is InChI=1S/C30H40F2N2O4/c1-3-5-18-35-26-11-10-25(28(33-26)36-19-6-4-2)34-17-16-30(31,32)27-23(8-7-9-24(27)34)22-12-14-29(15-13-22)37-20-21-38-29/h7-11,22H,3-6,12-21H2,1-2H3. The van der Waals surface area contributed by atoms with E-state index in [0.717, 1.165) is 56.9 Å². The van der Waals surface area contributed by atoms with Crippen LogP contribution in [0, 0.1) is 0 Å². The number of pyridine rings is 1. The molecule has 8 heteroatoms. The van der Waals surface area contributed by atoms with E-state index in [2.05, 4.69) is 18.8 Å². The van der Waals surface area contributed by atoms with Gasteiger partial charge in [-0.1, -0.05) is 38.8 Å². The Bertz CT molecular complexity index is 1080. The smallest absolute Gasteiger partial charge is 0.277 e. The first-order valence-corrected chi connectivity index (χ1v) is 14.3. The van der Waals surface area contributed by atoms with Crippen molar-refractivity contribution in [3.05, 3.63) is 41.5 Å². The summed E-state index contributed by atoms with van der Waals surface area (Å²) in [6.45, 7) is 6.71. The van der Waals surface area contributed by atoms with Gasteiger partial charge >= 0.3 is 0 Å². The number of nitrogens with zero attached hydrogens (tertiary/aromatic N) is 2. The minimum absolute atomic E-state index is 0.0435. The highest BCUT2D eigenvalue weighted by atomic mass is 19.3. The molecule has 1 aromatic heterocycles. The van der Waals surface area contributed by atoms with Crippen LogP contribution in [0.25, 0.3) is 0 Å². The number of hydrogen-bond donors (Lipinski definition) is 0. The Morgan fingerprint density at radius 1 is 0.921 bits per heavy atom. The second kappa shape index (κ2) is 11.7. The molecule has 0 unspecified atom stereocenters. The third kappa shape index (κ3) is 5.62. The van der Waals surface area contributed by atoms with E-state index in [9.17, 15) is 0 Å². The van der Waals surface area contributed by atoms with Gasteiger partial charge in [-0.15, -0.1) is 0 Å². The lowest BCUT2D eigenvalue weighted by molar-refractivity contribution is -0.178. The lowest BCUT2D eigenvalue weighted by Gasteiger charge is -2.40. The van der Waals surface area contributed by atoms with Crippen LogP contribution >= 0.6 is 0 Å². The van der Waals surface area contributed by atoms with Crippen LogP contribution in [0.1, 0.15) is 88.7 Å². The number of ether oxygens (including phenoxy) is 4. The van der Waals surface area contributed by atoms with Crippen molar-refractivity contribution in [2.24, 2.45) is 0 Å². The van der Waals surface area contributed by atoms with E-state index in [1.165, 1.54) is 0 Å². The highest BCUT2D eigenvalue weighted by Crippen LogP contribution is 2.52. The Morgan fingerprint density at radius 2 is 1.63 bits per heavy atom. The van der Waals surface area contributed by atoms with Gasteiger partial charge in [0.25, 0.3) is 5.92 Å². The monoisotopic (exact) mass is 530 g/mol. The average Bonchev–Trinajstić information content (AvgIpc) is 3.37. The summed E-state index contributed by atoms with van der Waals surface area (Å²) in [5, 5.41) is 0. The van der Waals surface area contributed by atoms with Crippen LogP contribution in [0.2, 0.25) is 0 Å². The molecule has 2 fully saturated rings. The van der Waals surface area contributed by atoms with E-state index >= 15 is 8.78 Å². The molecule has 6 nitrogen and oxygen atoms in total. The third-order valence-electron chi connectivity index (χ3n) is 7.97. The van der Waals surface area contributed by atoms with E-state index < -0.39 is 11.7 Å². The molecule has 0 amide bonds. The van der Waals surface area contributed by atoms with E-state index in [0.29, 0.717) is 49.6 Å². The fourth-order valence-corrected chi connectivity index (χ4v) is 5.87. The van der Waals surface area contributed by atoms with Gasteiger partial charge in [-0.05, 0) is 49.3 Å². The molecule has 1 aliphatic carbocycles. The number of hydrogen-bond acceptors (Lipinski definition) is 6. The summed E-state index contributed by atoms with van der Waals surface area (Å²) < 4.78 is 55.0. The molecule has 0 radical (unpaired) electrons. The summed E-state index contributed by atoms with van der Waals surface area (Å²) in [7, 11) is 0. The van der Waals surface area contributed by atoms with E-state index in [-0.39, 0.29) is 24.4 Å². The molecule has 1 aromatic carbocycles. The Kier molecular flexibility index (Phi) is 8.38. The number of unbranched alkanes of at least 4 members (excludes halogenated alkanes) is 2. The van der Waals surface area contributed by atoms with Gasteiger partial charge in [0.2, 0.25) is 11.8 Å². The van der Waals surface area contributed by atoms with Crippen molar-refractivity contribution in [2.45, 2.75) is 89.3 Å². The van der Waals surface area contributed by atoms with Gasteiger partial charge in [0.1, 0.15) is 5.69 Å². The van der Waals surface area contributed by atoms with Crippen molar-refractivity contribution in [3.63, 3.8) is 0 Å². The molecule has 2 aliphatic heterocycles. The SMILES string of the molecule is CCCCOc1ccc(N2CCC(F)(F)c3c(C4CCC5(CC4)OCCO5)cccc32)c(OCCCC)n1. The normalized spacial score (nSPS) is 20.5. The van der Waals surface area contributed by atoms with Crippen molar-refractivity contribution >= 4 is 11.4 Å². The van der Waals surface area contributed by atoms with E-state index in [4.69, 9.17) is 18.9 Å². The van der Waals surface area contributed by atoms with E-state index in [1.807, 2.05) is 29.2 Å². The zero-order valence-electron chi connectivity index (χ0n) is 22.6. The van der Waals surface area contributed by atoms with Gasteiger partial charge in [-0.3, -0.25) is 0 Å². The van der Waals surface area contributed by atoms with Crippen LogP contribution < -0.4 is 14.4 Å². The number of benzene rings is 1. The van der Waals surface area contributed by atoms with Crippen molar-refractivity contribution in [1.29, 1.82) is 0 Å². The summed E-state index contributed by atoms with van der Waals surface area (Å²) in [6, 6.07) is 9.31. The molecule has 1 spiro atoms. The van der Waals surface area contributed by atoms with E-state index in [1.54, 1.807) is 6.07 Å². The van der Waals surface area contributed by atoms with Gasteiger partial charge in [0, 0.05) is 37.4 Å². The molecule has 0 bridgehead atoms. The quantitative estimate of drug-likeness (QED) is 0.297. The summed E-state index contributed by atoms with van der Waals surface area (Å²) in [5.74, 6) is -2.45. The maximum absolute atomic E-state index is 15.6. The first-order valence-electron chi connectivity index (χ1n) is 14.3. The predicted molar refractivity (Wildman–Crippen MR) is 143 cm³/mol. The lowest BCUT2D eigenvalue weighted by Crippen LogP contribution is -2.37. The Labute approximate surface area is 224 Å². The topological polar surface area (TPSA) is 53.1 Å². The van der Waals surface area contributed by atoms with Crippen LogP contribution in [-0.4, -0.2) is 43.7 Å². The first kappa shape index (κ1) is 27.1. The molecular formula is C30H40F2N2O4. The minimum atomic E-state index is -2.90. The average molecular weight is 531 g/mol. The number of fused-ring (bicyclic) bond motifs is 1. The molecular weight excluding hydrogens is 490 g/mol. The highest BCUT2D eigenvalue weighted by molar-refractivity contribution is 5.73. The summed E-state index contributed by atoms with van der Waals surface area (Å²) in [6.07, 6.45) is 6.58. The van der Waals surface area contributed by atoms with Crippen molar-refractivity contribution in [2.75, 3.05) is 37.9 Å². The van der Waals surface area contributed by atoms with Gasteiger partial charge in [-0.25, -0.2) is 8.78 Å². The van der Waals surface area contributed by atoms with Crippen LogP contribution in [0.4, 0.5) is 20.2 Å². The highest BCUT2D eigenvalue weighted by Gasteiger charge is 2.46.